The molecule has 1 aromatic rings. The summed E-state index contributed by atoms with van der Waals surface area (Å²) in [5.74, 6) is 0.499. The molecule has 156 valence electrons. The van der Waals surface area contributed by atoms with Crippen LogP contribution in [0.5, 0.6) is 0 Å². The van der Waals surface area contributed by atoms with Crippen LogP contribution in [-0.4, -0.2) is 55.8 Å². The van der Waals surface area contributed by atoms with Crippen molar-refractivity contribution in [3.8, 4) is 0 Å². The maximum Gasteiger partial charge on any atom is 0.191 e. The molecule has 3 saturated heterocycles. The summed E-state index contributed by atoms with van der Waals surface area (Å²) >= 11 is 6.38. The van der Waals surface area contributed by atoms with Gasteiger partial charge in [0.15, 0.2) is 5.96 Å². The van der Waals surface area contributed by atoms with Gasteiger partial charge in [0.2, 0.25) is 0 Å². The first kappa shape index (κ1) is 22.1. The van der Waals surface area contributed by atoms with E-state index in [2.05, 4.69) is 20.5 Å². The third kappa shape index (κ3) is 4.74. The number of halogens is 3. The molecule has 0 aromatic heterocycles. The lowest BCUT2D eigenvalue weighted by atomic mass is 9.96. The second-order valence-corrected chi connectivity index (χ2v) is 8.11. The van der Waals surface area contributed by atoms with Gasteiger partial charge in [0.25, 0.3) is 0 Å². The molecule has 3 aliphatic rings. The standard InChI is InChI=1S/C20H28ClFN4O.HI/c1-23-20(25-16-11-13-7-8-18(16)27-13)24-12-17(26-9-2-3-10-26)19-14(21)5-4-6-15(19)22;/h4-6,13,16-18H,2-3,7-12H2,1H3,(H2,23,24,25);1H. The smallest absolute Gasteiger partial charge is 0.191 e. The van der Waals surface area contributed by atoms with Crippen molar-refractivity contribution in [2.75, 3.05) is 26.7 Å². The largest absolute Gasteiger partial charge is 0.373 e. The summed E-state index contributed by atoms with van der Waals surface area (Å²) in [6.45, 7) is 2.48. The molecular weight excluding hydrogens is 494 g/mol. The molecule has 0 spiro atoms. The molecule has 0 aliphatic carbocycles. The lowest BCUT2D eigenvalue weighted by Crippen LogP contribution is -2.49. The highest BCUT2D eigenvalue weighted by Gasteiger charge is 2.41. The van der Waals surface area contributed by atoms with Gasteiger partial charge in [-0.25, -0.2) is 4.39 Å². The van der Waals surface area contributed by atoms with Crippen molar-refractivity contribution >= 4 is 41.5 Å². The van der Waals surface area contributed by atoms with Crippen molar-refractivity contribution < 1.29 is 9.13 Å². The van der Waals surface area contributed by atoms with Crippen LogP contribution in [0.15, 0.2) is 23.2 Å². The molecule has 0 radical (unpaired) electrons. The Bertz CT molecular complexity index is 681. The summed E-state index contributed by atoms with van der Waals surface area (Å²) in [6, 6.07) is 5.10. The van der Waals surface area contributed by atoms with Crippen molar-refractivity contribution in [1.29, 1.82) is 0 Å². The van der Waals surface area contributed by atoms with Crippen molar-refractivity contribution in [2.45, 2.75) is 56.4 Å². The molecule has 3 aliphatic heterocycles. The van der Waals surface area contributed by atoms with Gasteiger partial charge in [0.05, 0.1) is 24.3 Å². The zero-order valence-electron chi connectivity index (χ0n) is 16.2. The third-order valence-electron chi connectivity index (χ3n) is 6.03. The minimum atomic E-state index is -0.245. The molecule has 5 nitrogen and oxygen atoms in total. The monoisotopic (exact) mass is 522 g/mol. The van der Waals surface area contributed by atoms with E-state index in [-0.39, 0.29) is 41.9 Å². The van der Waals surface area contributed by atoms with Crippen LogP contribution >= 0.6 is 35.6 Å². The SMILES string of the molecule is CN=C(NCC(c1c(F)cccc1Cl)N1CCCC1)NC1CC2CCC1O2.I. The Morgan fingerprint density at radius 1 is 1.36 bits per heavy atom. The predicted octanol–water partition coefficient (Wildman–Crippen LogP) is 3.72. The van der Waals surface area contributed by atoms with Gasteiger partial charge in [0.1, 0.15) is 5.82 Å². The van der Waals surface area contributed by atoms with Crippen molar-refractivity contribution in [1.82, 2.24) is 15.5 Å². The number of aliphatic imine (C=N–C) groups is 1. The fourth-order valence-corrected chi connectivity index (χ4v) is 4.94. The van der Waals surface area contributed by atoms with E-state index in [0.717, 1.165) is 51.2 Å². The number of rotatable bonds is 5. The van der Waals surface area contributed by atoms with E-state index < -0.39 is 0 Å². The van der Waals surface area contributed by atoms with Gasteiger partial charge in [-0.2, -0.15) is 0 Å². The molecule has 0 saturated carbocycles. The zero-order chi connectivity index (χ0) is 18.8. The van der Waals surface area contributed by atoms with E-state index in [4.69, 9.17) is 16.3 Å². The molecule has 28 heavy (non-hydrogen) atoms. The number of ether oxygens (including phenoxy) is 1. The van der Waals surface area contributed by atoms with Crippen LogP contribution in [-0.2, 0) is 4.74 Å². The minimum absolute atomic E-state index is 0. The van der Waals surface area contributed by atoms with E-state index in [0.29, 0.717) is 29.3 Å². The van der Waals surface area contributed by atoms with Gasteiger partial charge in [0, 0.05) is 24.2 Å². The Morgan fingerprint density at radius 3 is 2.75 bits per heavy atom. The molecule has 3 fully saturated rings. The lowest BCUT2D eigenvalue weighted by molar-refractivity contribution is 0.0992. The summed E-state index contributed by atoms with van der Waals surface area (Å²) in [4.78, 5) is 6.68. The fourth-order valence-electron chi connectivity index (χ4n) is 4.65. The normalized spacial score (nSPS) is 28.2. The minimum Gasteiger partial charge on any atom is -0.373 e. The van der Waals surface area contributed by atoms with Gasteiger partial charge >= 0.3 is 0 Å². The summed E-state index contributed by atoms with van der Waals surface area (Å²) in [6.07, 6.45) is 6.25. The van der Waals surface area contributed by atoms with Gasteiger partial charge < -0.3 is 15.4 Å². The van der Waals surface area contributed by atoms with E-state index in [9.17, 15) is 4.39 Å². The van der Waals surface area contributed by atoms with E-state index in [1.54, 1.807) is 19.2 Å². The Balaban J connectivity index is 0.00000225. The number of nitrogens with zero attached hydrogens (tertiary/aromatic N) is 2. The molecule has 4 unspecified atom stereocenters. The summed E-state index contributed by atoms with van der Waals surface area (Å²) in [5, 5.41) is 7.38. The molecular formula is C20H29ClFIN4O. The number of benzene rings is 1. The maximum atomic E-state index is 14.6. The first-order valence-electron chi connectivity index (χ1n) is 9.96. The summed E-state index contributed by atoms with van der Waals surface area (Å²) in [5.41, 5.74) is 0.576. The number of hydrogen-bond donors (Lipinski definition) is 2. The molecule has 8 heteroatoms. The molecule has 0 amide bonds. The summed E-state index contributed by atoms with van der Waals surface area (Å²) in [7, 11) is 1.77. The average Bonchev–Trinajstić information content (AvgIpc) is 3.41. The van der Waals surface area contributed by atoms with Crippen LogP contribution in [0, 0.1) is 5.82 Å². The number of hydrogen-bond acceptors (Lipinski definition) is 3. The molecule has 4 atom stereocenters. The topological polar surface area (TPSA) is 48.9 Å². The highest BCUT2D eigenvalue weighted by atomic mass is 127. The molecule has 2 bridgehead atoms. The molecule has 3 heterocycles. The Kier molecular flexibility index (Phi) is 7.81. The van der Waals surface area contributed by atoms with Crippen molar-refractivity contribution in [2.24, 2.45) is 4.99 Å². The Morgan fingerprint density at radius 2 is 2.14 bits per heavy atom. The van der Waals surface area contributed by atoms with Gasteiger partial charge in [-0.15, -0.1) is 24.0 Å². The molecule has 2 N–H and O–H groups in total. The van der Waals surface area contributed by atoms with Gasteiger partial charge in [-0.1, -0.05) is 17.7 Å². The number of fused-ring (bicyclic) bond motifs is 2. The highest BCUT2D eigenvalue weighted by Crippen LogP contribution is 2.34. The van der Waals surface area contributed by atoms with E-state index >= 15 is 0 Å². The second-order valence-electron chi connectivity index (χ2n) is 7.71. The van der Waals surface area contributed by atoms with Crippen LogP contribution in [0.1, 0.15) is 43.7 Å². The number of nitrogens with one attached hydrogen (secondary N) is 2. The van der Waals surface area contributed by atoms with Crippen molar-refractivity contribution in [3.63, 3.8) is 0 Å². The first-order chi connectivity index (χ1) is 13.2. The number of likely N-dealkylation sites (tertiary alicyclic amines) is 1. The van der Waals surface area contributed by atoms with E-state index in [1.807, 2.05) is 0 Å². The van der Waals surface area contributed by atoms with Crippen LogP contribution < -0.4 is 10.6 Å². The van der Waals surface area contributed by atoms with Crippen LogP contribution in [0.2, 0.25) is 5.02 Å². The lowest BCUT2D eigenvalue weighted by Gasteiger charge is -2.30. The fraction of sp³-hybridized carbons (Fsp3) is 0.650. The van der Waals surface area contributed by atoms with Crippen LogP contribution in [0.25, 0.3) is 0 Å². The van der Waals surface area contributed by atoms with Gasteiger partial charge in [-0.05, 0) is 57.3 Å². The van der Waals surface area contributed by atoms with Crippen LogP contribution in [0.4, 0.5) is 4.39 Å². The zero-order valence-corrected chi connectivity index (χ0v) is 19.3. The van der Waals surface area contributed by atoms with Crippen LogP contribution in [0.3, 0.4) is 0 Å². The average molecular weight is 523 g/mol. The van der Waals surface area contributed by atoms with Crippen molar-refractivity contribution in [3.05, 3.63) is 34.6 Å². The Labute approximate surface area is 188 Å². The third-order valence-corrected chi connectivity index (χ3v) is 6.36. The molecule has 1 aromatic carbocycles. The highest BCUT2D eigenvalue weighted by molar-refractivity contribution is 14.0. The summed E-state index contributed by atoms with van der Waals surface area (Å²) < 4.78 is 20.5. The Hall–Kier alpha value is -0.640. The predicted molar refractivity (Wildman–Crippen MR) is 121 cm³/mol. The van der Waals surface area contributed by atoms with Gasteiger partial charge in [-0.3, -0.25) is 9.89 Å². The first-order valence-corrected chi connectivity index (χ1v) is 10.3. The maximum absolute atomic E-state index is 14.6. The molecule has 4 rings (SSSR count). The quantitative estimate of drug-likeness (QED) is 0.352. The number of guanidine groups is 1. The second kappa shape index (κ2) is 9.91. The van der Waals surface area contributed by atoms with E-state index in [1.165, 1.54) is 6.07 Å².